The van der Waals surface area contributed by atoms with Crippen molar-refractivity contribution < 1.29 is 33.3 Å². The van der Waals surface area contributed by atoms with Crippen molar-refractivity contribution in [3.8, 4) is 0 Å². The van der Waals surface area contributed by atoms with E-state index < -0.39 is 11.8 Å². The Balaban J connectivity index is 0.910. The molecule has 0 aromatic carbocycles. The number of esters is 2. The second kappa shape index (κ2) is 24.1. The van der Waals surface area contributed by atoms with E-state index in [1.165, 1.54) is 141 Å². The van der Waals surface area contributed by atoms with Crippen molar-refractivity contribution in [1.29, 1.82) is 0 Å². The Morgan fingerprint density at radius 2 is 0.735 bits per heavy atom. The molecule has 0 amide bonds. The van der Waals surface area contributed by atoms with Crippen LogP contribution in [0.4, 0.5) is 0 Å². The minimum absolute atomic E-state index is 0.114. The first-order valence-electron chi connectivity index (χ1n) is 21.4. The number of fused-ring (bicyclic) bond motifs is 1. The van der Waals surface area contributed by atoms with Crippen LogP contribution < -0.4 is 0 Å². The number of hydrogen-bond donors (Lipinski definition) is 0. The molecule has 7 nitrogen and oxygen atoms in total. The van der Waals surface area contributed by atoms with Crippen molar-refractivity contribution in [2.45, 2.75) is 230 Å². The van der Waals surface area contributed by atoms with Gasteiger partial charge in [-0.3, -0.25) is 9.59 Å². The monoisotopic (exact) mass is 691 g/mol. The fourth-order valence-electron chi connectivity index (χ4n) is 8.17. The zero-order chi connectivity index (χ0) is 34.5. The minimum atomic E-state index is -0.425. The summed E-state index contributed by atoms with van der Waals surface area (Å²) in [6.07, 6.45) is 36.0. The lowest BCUT2D eigenvalue weighted by Crippen LogP contribution is -2.37. The molecule has 1 aliphatic carbocycles. The molecule has 8 atom stereocenters. The van der Waals surface area contributed by atoms with Crippen molar-refractivity contribution in [2.24, 2.45) is 11.8 Å². The lowest BCUT2D eigenvalue weighted by Gasteiger charge is -2.26. The third kappa shape index (κ3) is 16.8. The van der Waals surface area contributed by atoms with E-state index in [0.717, 1.165) is 25.7 Å². The van der Waals surface area contributed by atoms with E-state index in [9.17, 15) is 9.59 Å². The molecule has 3 aliphatic heterocycles. The van der Waals surface area contributed by atoms with Gasteiger partial charge < -0.3 is 23.7 Å². The number of rotatable bonds is 32. The van der Waals surface area contributed by atoms with Gasteiger partial charge in [-0.1, -0.05) is 142 Å². The van der Waals surface area contributed by atoms with Gasteiger partial charge in [0.1, 0.15) is 0 Å². The zero-order valence-electron chi connectivity index (χ0n) is 31.7. The van der Waals surface area contributed by atoms with E-state index in [1.807, 2.05) is 0 Å². The van der Waals surface area contributed by atoms with E-state index in [4.69, 9.17) is 23.7 Å². The van der Waals surface area contributed by atoms with Crippen LogP contribution in [0.15, 0.2) is 0 Å². The van der Waals surface area contributed by atoms with Crippen LogP contribution in [0.25, 0.3) is 0 Å². The van der Waals surface area contributed by atoms with Crippen LogP contribution in [0, 0.1) is 11.8 Å². The summed E-state index contributed by atoms with van der Waals surface area (Å²) in [5.41, 5.74) is 0. The van der Waals surface area contributed by atoms with Crippen LogP contribution in [-0.4, -0.2) is 61.8 Å². The highest BCUT2D eigenvalue weighted by atomic mass is 16.6. The summed E-state index contributed by atoms with van der Waals surface area (Å²) in [6, 6.07) is 0. The van der Waals surface area contributed by atoms with Crippen LogP contribution in [0.5, 0.6) is 0 Å². The smallest absolute Gasteiger partial charge is 0.309 e. The lowest BCUT2D eigenvalue weighted by atomic mass is 9.79. The van der Waals surface area contributed by atoms with Crippen molar-refractivity contribution >= 4 is 11.9 Å². The number of carbonyl (C=O) groups excluding carboxylic acids is 2. The fourth-order valence-corrected chi connectivity index (χ4v) is 8.17. The Labute approximate surface area is 300 Å². The molecular weight excluding hydrogens is 616 g/mol. The van der Waals surface area contributed by atoms with Crippen molar-refractivity contribution in [3.63, 3.8) is 0 Å². The Hall–Kier alpha value is -1.18. The third-order valence-corrected chi connectivity index (χ3v) is 11.5. The summed E-state index contributed by atoms with van der Waals surface area (Å²) in [4.78, 5) is 26.0. The van der Waals surface area contributed by atoms with Gasteiger partial charge in [-0.05, 0) is 51.4 Å². The van der Waals surface area contributed by atoms with Crippen LogP contribution in [0.3, 0.4) is 0 Å². The van der Waals surface area contributed by atoms with Crippen LogP contribution in [0.1, 0.15) is 194 Å². The SMILES string of the molecule is CCCC1OC1CCCCCCCCCCCCOC(=O)C1CC2OC2CC1C(=O)OCCCCCCCCCCCCC1OC1CCC. The highest BCUT2D eigenvalue weighted by molar-refractivity contribution is 5.82. The summed E-state index contributed by atoms with van der Waals surface area (Å²) in [7, 11) is 0. The van der Waals surface area contributed by atoms with Crippen LogP contribution in [-0.2, 0) is 33.3 Å². The van der Waals surface area contributed by atoms with Gasteiger partial charge in [-0.25, -0.2) is 0 Å². The predicted octanol–water partition coefficient (Wildman–Crippen LogP) is 10.6. The first-order chi connectivity index (χ1) is 24.1. The number of carbonyl (C=O) groups is 2. The molecule has 284 valence electrons. The minimum Gasteiger partial charge on any atom is -0.465 e. The molecule has 3 saturated heterocycles. The van der Waals surface area contributed by atoms with E-state index in [2.05, 4.69) is 13.8 Å². The van der Waals surface area contributed by atoms with Gasteiger partial charge in [0.05, 0.1) is 61.7 Å². The molecule has 4 rings (SSSR count). The first kappa shape index (κ1) is 40.6. The Kier molecular flexibility index (Phi) is 20.0. The molecule has 0 aromatic rings. The molecule has 0 bridgehead atoms. The van der Waals surface area contributed by atoms with Gasteiger partial charge in [0.2, 0.25) is 0 Å². The van der Waals surface area contributed by atoms with Gasteiger partial charge >= 0.3 is 11.9 Å². The quantitative estimate of drug-likeness (QED) is 0.0394. The molecule has 0 radical (unpaired) electrons. The normalized spacial score (nSPS) is 28.2. The molecular formula is C42H74O7. The van der Waals surface area contributed by atoms with E-state index in [-0.39, 0.29) is 24.1 Å². The largest absolute Gasteiger partial charge is 0.465 e. The highest BCUT2D eigenvalue weighted by Gasteiger charge is 2.53. The second-order valence-corrected chi connectivity index (χ2v) is 15.9. The number of ether oxygens (including phenoxy) is 5. The molecule has 1 saturated carbocycles. The van der Waals surface area contributed by atoms with Crippen molar-refractivity contribution in [2.75, 3.05) is 13.2 Å². The van der Waals surface area contributed by atoms with Crippen LogP contribution in [0.2, 0.25) is 0 Å². The first-order valence-corrected chi connectivity index (χ1v) is 21.4. The molecule has 8 unspecified atom stereocenters. The average molecular weight is 691 g/mol. The lowest BCUT2D eigenvalue weighted by molar-refractivity contribution is -0.162. The average Bonchev–Trinajstić information content (AvgIpc) is 4.02. The molecule has 0 N–H and O–H groups in total. The van der Waals surface area contributed by atoms with E-state index in [0.29, 0.717) is 50.5 Å². The van der Waals surface area contributed by atoms with Crippen molar-refractivity contribution in [3.05, 3.63) is 0 Å². The number of unbranched alkanes of at least 4 members (excludes halogenated alkanes) is 18. The Bertz CT molecular complexity index is 824. The number of hydrogen-bond acceptors (Lipinski definition) is 7. The van der Waals surface area contributed by atoms with Crippen LogP contribution >= 0.6 is 0 Å². The van der Waals surface area contributed by atoms with Gasteiger partial charge in [-0.2, -0.15) is 0 Å². The molecule has 0 aromatic heterocycles. The summed E-state index contributed by atoms with van der Waals surface area (Å²) in [6.45, 7) is 5.37. The molecule has 4 fully saturated rings. The molecule has 4 aliphatic rings. The third-order valence-electron chi connectivity index (χ3n) is 11.5. The topological polar surface area (TPSA) is 90.2 Å². The molecule has 49 heavy (non-hydrogen) atoms. The standard InChI is InChI=1S/C42H74O7/c1-3-25-35-37(47-35)27-21-17-13-9-5-7-11-15-19-23-29-45-41(43)33-31-39-40(49-39)32-34(33)42(44)46-30-24-20-16-12-8-6-10-14-18-22-28-38-36(48-38)26-4-2/h33-40H,3-32H2,1-2H3. The fraction of sp³-hybridized carbons (Fsp3) is 0.952. The maximum absolute atomic E-state index is 13.0. The molecule has 7 heteroatoms. The van der Waals surface area contributed by atoms with Gasteiger partial charge in [-0.15, -0.1) is 0 Å². The maximum atomic E-state index is 13.0. The predicted molar refractivity (Wildman–Crippen MR) is 196 cm³/mol. The highest BCUT2D eigenvalue weighted by Crippen LogP contribution is 2.44. The summed E-state index contributed by atoms with van der Waals surface area (Å²) >= 11 is 0. The Morgan fingerprint density at radius 1 is 0.429 bits per heavy atom. The maximum Gasteiger partial charge on any atom is 0.309 e. The van der Waals surface area contributed by atoms with E-state index in [1.54, 1.807) is 0 Å². The molecule has 3 heterocycles. The summed E-state index contributed by atoms with van der Waals surface area (Å²) < 4.78 is 28.5. The summed E-state index contributed by atoms with van der Waals surface area (Å²) in [5, 5.41) is 0. The van der Waals surface area contributed by atoms with Gasteiger partial charge in [0.15, 0.2) is 0 Å². The van der Waals surface area contributed by atoms with Crippen molar-refractivity contribution in [1.82, 2.24) is 0 Å². The molecule has 0 spiro atoms. The second-order valence-electron chi connectivity index (χ2n) is 15.9. The summed E-state index contributed by atoms with van der Waals surface area (Å²) in [5.74, 6) is -1.32. The number of epoxide rings is 3. The zero-order valence-corrected chi connectivity index (χ0v) is 31.7. The Morgan fingerprint density at radius 3 is 1.08 bits per heavy atom. The van der Waals surface area contributed by atoms with Gasteiger partial charge in [0.25, 0.3) is 0 Å². The van der Waals surface area contributed by atoms with E-state index >= 15 is 0 Å². The van der Waals surface area contributed by atoms with Gasteiger partial charge in [0, 0.05) is 0 Å².